The molecule has 0 atom stereocenters. The SMILES string of the molecule is CN(C)CCOc1ccc(Nc2ccccn2)c(C2CC2)c1. The van der Waals surface area contributed by atoms with Gasteiger partial charge in [0, 0.05) is 18.4 Å². The van der Waals surface area contributed by atoms with Gasteiger partial charge in [-0.2, -0.15) is 0 Å². The molecule has 116 valence electrons. The quantitative estimate of drug-likeness (QED) is 0.846. The van der Waals surface area contributed by atoms with Gasteiger partial charge in [0.05, 0.1) is 0 Å². The first-order valence-electron chi connectivity index (χ1n) is 7.82. The van der Waals surface area contributed by atoms with Crippen LogP contribution in [0.4, 0.5) is 11.5 Å². The summed E-state index contributed by atoms with van der Waals surface area (Å²) >= 11 is 0. The molecule has 0 bridgehead atoms. The minimum absolute atomic E-state index is 0.656. The Bertz CT molecular complexity index is 609. The van der Waals surface area contributed by atoms with Crippen molar-refractivity contribution in [3.8, 4) is 5.75 Å². The van der Waals surface area contributed by atoms with Crippen LogP contribution >= 0.6 is 0 Å². The highest BCUT2D eigenvalue weighted by Crippen LogP contribution is 2.45. The molecule has 3 rings (SSSR count). The molecule has 0 amide bonds. The monoisotopic (exact) mass is 297 g/mol. The number of nitrogens with zero attached hydrogens (tertiary/aromatic N) is 2. The van der Waals surface area contributed by atoms with Crippen LogP contribution in [0.25, 0.3) is 0 Å². The van der Waals surface area contributed by atoms with Crippen molar-refractivity contribution in [2.24, 2.45) is 0 Å². The second kappa shape index (κ2) is 6.79. The first-order valence-corrected chi connectivity index (χ1v) is 7.82. The minimum Gasteiger partial charge on any atom is -0.492 e. The maximum absolute atomic E-state index is 5.86. The first-order chi connectivity index (χ1) is 10.7. The highest BCUT2D eigenvalue weighted by Gasteiger charge is 2.26. The molecule has 1 fully saturated rings. The minimum atomic E-state index is 0.656. The summed E-state index contributed by atoms with van der Waals surface area (Å²) in [6, 6.07) is 12.2. The number of hydrogen-bond acceptors (Lipinski definition) is 4. The average Bonchev–Trinajstić information content (AvgIpc) is 3.34. The number of rotatable bonds is 7. The van der Waals surface area contributed by atoms with Gasteiger partial charge in [0.15, 0.2) is 0 Å². The lowest BCUT2D eigenvalue weighted by Gasteiger charge is -2.15. The molecule has 1 aliphatic carbocycles. The van der Waals surface area contributed by atoms with E-state index in [2.05, 4.69) is 41.4 Å². The van der Waals surface area contributed by atoms with Crippen molar-refractivity contribution in [3.63, 3.8) is 0 Å². The van der Waals surface area contributed by atoms with E-state index in [-0.39, 0.29) is 0 Å². The van der Waals surface area contributed by atoms with Gasteiger partial charge in [0.2, 0.25) is 0 Å². The van der Waals surface area contributed by atoms with E-state index in [9.17, 15) is 0 Å². The molecule has 1 aromatic heterocycles. The lowest BCUT2D eigenvalue weighted by molar-refractivity contribution is 0.261. The summed E-state index contributed by atoms with van der Waals surface area (Å²) in [5, 5.41) is 3.42. The van der Waals surface area contributed by atoms with Crippen LogP contribution in [0.2, 0.25) is 0 Å². The number of nitrogens with one attached hydrogen (secondary N) is 1. The van der Waals surface area contributed by atoms with E-state index in [1.165, 1.54) is 18.4 Å². The van der Waals surface area contributed by atoms with Crippen LogP contribution < -0.4 is 10.1 Å². The van der Waals surface area contributed by atoms with Gasteiger partial charge >= 0.3 is 0 Å². The number of pyridine rings is 1. The molecule has 0 saturated heterocycles. The molecule has 1 aromatic carbocycles. The zero-order valence-corrected chi connectivity index (χ0v) is 13.2. The lowest BCUT2D eigenvalue weighted by atomic mass is 10.1. The van der Waals surface area contributed by atoms with E-state index in [0.717, 1.165) is 23.8 Å². The average molecular weight is 297 g/mol. The Morgan fingerprint density at radius 3 is 2.77 bits per heavy atom. The molecular weight excluding hydrogens is 274 g/mol. The Hall–Kier alpha value is -2.07. The molecular formula is C18H23N3O. The predicted molar refractivity (Wildman–Crippen MR) is 90.0 cm³/mol. The Labute approximate surface area is 132 Å². The Morgan fingerprint density at radius 2 is 2.09 bits per heavy atom. The normalized spacial score (nSPS) is 14.1. The van der Waals surface area contributed by atoms with Crippen LogP contribution in [0, 0.1) is 0 Å². The van der Waals surface area contributed by atoms with Crippen LogP contribution in [0.5, 0.6) is 5.75 Å². The van der Waals surface area contributed by atoms with Crippen molar-refractivity contribution in [3.05, 3.63) is 48.2 Å². The van der Waals surface area contributed by atoms with E-state index in [0.29, 0.717) is 12.5 Å². The standard InChI is InChI=1S/C18H23N3O/c1-21(2)11-12-22-15-8-9-17(16(13-15)14-6-7-14)20-18-5-3-4-10-19-18/h3-5,8-10,13-14H,6-7,11-12H2,1-2H3,(H,19,20). The highest BCUT2D eigenvalue weighted by molar-refractivity contribution is 5.63. The molecule has 4 nitrogen and oxygen atoms in total. The number of aromatic nitrogens is 1. The number of benzene rings is 1. The van der Waals surface area contributed by atoms with Crippen molar-refractivity contribution >= 4 is 11.5 Å². The summed E-state index contributed by atoms with van der Waals surface area (Å²) in [6.07, 6.45) is 4.33. The van der Waals surface area contributed by atoms with Crippen LogP contribution in [0.15, 0.2) is 42.6 Å². The highest BCUT2D eigenvalue weighted by atomic mass is 16.5. The van der Waals surface area contributed by atoms with E-state index in [4.69, 9.17) is 4.74 Å². The summed E-state index contributed by atoms with van der Waals surface area (Å²) in [7, 11) is 4.11. The van der Waals surface area contributed by atoms with E-state index < -0.39 is 0 Å². The molecule has 0 spiro atoms. The maximum Gasteiger partial charge on any atom is 0.130 e. The van der Waals surface area contributed by atoms with Gasteiger partial charge in [-0.15, -0.1) is 0 Å². The van der Waals surface area contributed by atoms with Crippen LogP contribution in [0.1, 0.15) is 24.3 Å². The van der Waals surface area contributed by atoms with Crippen molar-refractivity contribution in [2.45, 2.75) is 18.8 Å². The molecule has 2 aromatic rings. The molecule has 1 heterocycles. The largest absolute Gasteiger partial charge is 0.492 e. The second-order valence-corrected chi connectivity index (χ2v) is 6.02. The van der Waals surface area contributed by atoms with Gasteiger partial charge in [-0.05, 0) is 68.8 Å². The fraction of sp³-hybridized carbons (Fsp3) is 0.389. The number of likely N-dealkylation sites (N-methyl/N-ethyl adjacent to an activating group) is 1. The predicted octanol–water partition coefficient (Wildman–Crippen LogP) is 3.64. The lowest BCUT2D eigenvalue weighted by Crippen LogP contribution is -2.19. The molecule has 1 saturated carbocycles. The number of hydrogen-bond donors (Lipinski definition) is 1. The third-order valence-electron chi connectivity index (χ3n) is 3.78. The van der Waals surface area contributed by atoms with Gasteiger partial charge in [-0.3, -0.25) is 0 Å². The smallest absolute Gasteiger partial charge is 0.130 e. The van der Waals surface area contributed by atoms with Crippen molar-refractivity contribution < 1.29 is 4.74 Å². The third kappa shape index (κ3) is 3.98. The Balaban J connectivity index is 1.73. The molecule has 0 unspecified atom stereocenters. The van der Waals surface area contributed by atoms with Crippen molar-refractivity contribution in [1.29, 1.82) is 0 Å². The Kier molecular flexibility index (Phi) is 4.59. The van der Waals surface area contributed by atoms with E-state index >= 15 is 0 Å². The van der Waals surface area contributed by atoms with E-state index in [1.807, 2.05) is 24.3 Å². The number of anilines is 2. The zero-order chi connectivity index (χ0) is 15.4. The van der Waals surface area contributed by atoms with Gasteiger partial charge in [-0.1, -0.05) is 6.07 Å². The summed E-state index contributed by atoms with van der Waals surface area (Å²) in [4.78, 5) is 6.46. The first kappa shape index (κ1) is 14.9. The van der Waals surface area contributed by atoms with Gasteiger partial charge in [0.25, 0.3) is 0 Å². The van der Waals surface area contributed by atoms with Crippen LogP contribution in [-0.2, 0) is 0 Å². The van der Waals surface area contributed by atoms with Crippen LogP contribution in [0.3, 0.4) is 0 Å². The fourth-order valence-electron chi connectivity index (χ4n) is 2.40. The summed E-state index contributed by atoms with van der Waals surface area (Å²) in [5.41, 5.74) is 2.48. The second-order valence-electron chi connectivity index (χ2n) is 6.02. The zero-order valence-electron chi connectivity index (χ0n) is 13.2. The molecule has 1 N–H and O–H groups in total. The van der Waals surface area contributed by atoms with Crippen LogP contribution in [-0.4, -0.2) is 37.1 Å². The van der Waals surface area contributed by atoms with Gasteiger partial charge < -0.3 is 15.0 Å². The summed E-state index contributed by atoms with van der Waals surface area (Å²) in [6.45, 7) is 1.64. The molecule has 22 heavy (non-hydrogen) atoms. The van der Waals surface area contributed by atoms with Gasteiger partial charge in [-0.25, -0.2) is 4.98 Å². The molecule has 4 heteroatoms. The number of ether oxygens (including phenoxy) is 1. The van der Waals surface area contributed by atoms with Gasteiger partial charge in [0.1, 0.15) is 18.2 Å². The maximum atomic E-state index is 5.86. The van der Waals surface area contributed by atoms with Crippen molar-refractivity contribution in [1.82, 2.24) is 9.88 Å². The molecule has 1 aliphatic rings. The Morgan fingerprint density at radius 1 is 1.23 bits per heavy atom. The molecule has 0 aliphatic heterocycles. The third-order valence-corrected chi connectivity index (χ3v) is 3.78. The fourth-order valence-corrected chi connectivity index (χ4v) is 2.40. The van der Waals surface area contributed by atoms with Crippen molar-refractivity contribution in [2.75, 3.05) is 32.6 Å². The molecule has 0 radical (unpaired) electrons. The summed E-state index contributed by atoms with van der Waals surface area (Å²) < 4.78 is 5.86. The van der Waals surface area contributed by atoms with E-state index in [1.54, 1.807) is 6.20 Å². The topological polar surface area (TPSA) is 37.4 Å². The summed E-state index contributed by atoms with van der Waals surface area (Å²) in [5.74, 6) is 2.49.